The smallest absolute Gasteiger partial charge is 0.240 e. The third-order valence-corrected chi connectivity index (χ3v) is 4.12. The molecular formula is C13H17N3O2S. The van der Waals surface area contributed by atoms with Gasteiger partial charge in [-0.1, -0.05) is 11.8 Å². The number of rotatable bonds is 6. The van der Waals surface area contributed by atoms with E-state index in [0.29, 0.717) is 31.2 Å². The molecule has 1 fully saturated rings. The summed E-state index contributed by atoms with van der Waals surface area (Å²) in [5, 5.41) is 18.1. The molecule has 0 saturated carbocycles. The Morgan fingerprint density at radius 1 is 1.42 bits per heavy atom. The van der Waals surface area contributed by atoms with Crippen molar-refractivity contribution in [1.82, 2.24) is 4.90 Å². The molecule has 1 unspecified atom stereocenters. The third kappa shape index (κ3) is 3.73. The van der Waals surface area contributed by atoms with Gasteiger partial charge in [0.2, 0.25) is 5.91 Å². The quantitative estimate of drug-likeness (QED) is 0.549. The van der Waals surface area contributed by atoms with Crippen molar-refractivity contribution in [2.75, 3.05) is 19.8 Å². The Balaban J connectivity index is 2.75. The molecule has 1 saturated heterocycles. The average molecular weight is 279 g/mol. The Hall–Kier alpha value is -1.50. The standard InChI is InChI=1S/C13H17N3O2S/c1-3-16-12(17)11(6-5-7-18-4-2)19-13(16)10(8-14)9-15/h11H,3-7H2,1-2H3. The first-order chi connectivity index (χ1) is 9.19. The minimum absolute atomic E-state index is 0.0120. The summed E-state index contributed by atoms with van der Waals surface area (Å²) in [5.41, 5.74) is 0.0208. The lowest BCUT2D eigenvalue weighted by atomic mass is 10.2. The molecule has 0 bridgehead atoms. The molecule has 19 heavy (non-hydrogen) atoms. The van der Waals surface area contributed by atoms with Gasteiger partial charge in [0, 0.05) is 19.8 Å². The number of carbonyl (C=O) groups is 1. The fourth-order valence-electron chi connectivity index (χ4n) is 1.83. The Morgan fingerprint density at radius 3 is 2.63 bits per heavy atom. The van der Waals surface area contributed by atoms with E-state index in [1.807, 2.05) is 26.0 Å². The van der Waals surface area contributed by atoms with Crippen molar-refractivity contribution in [3.63, 3.8) is 0 Å². The maximum atomic E-state index is 12.2. The minimum Gasteiger partial charge on any atom is -0.382 e. The number of hydrogen-bond acceptors (Lipinski definition) is 5. The number of nitriles is 2. The molecule has 0 N–H and O–H groups in total. The van der Waals surface area contributed by atoms with Crippen LogP contribution >= 0.6 is 11.8 Å². The first kappa shape index (κ1) is 15.6. The predicted octanol–water partition coefficient (Wildman–Crippen LogP) is 2.03. The van der Waals surface area contributed by atoms with Crippen molar-refractivity contribution < 1.29 is 9.53 Å². The van der Waals surface area contributed by atoms with Gasteiger partial charge < -0.3 is 9.64 Å². The van der Waals surface area contributed by atoms with Gasteiger partial charge in [0.1, 0.15) is 17.2 Å². The van der Waals surface area contributed by atoms with E-state index >= 15 is 0 Å². The molecule has 0 spiro atoms. The topological polar surface area (TPSA) is 77.1 Å². The fraction of sp³-hybridized carbons (Fsp3) is 0.615. The molecule has 0 radical (unpaired) electrons. The van der Waals surface area contributed by atoms with Gasteiger partial charge in [-0.2, -0.15) is 10.5 Å². The Labute approximate surface area is 117 Å². The molecule has 1 aliphatic heterocycles. The van der Waals surface area contributed by atoms with Gasteiger partial charge in [-0.3, -0.25) is 4.79 Å². The van der Waals surface area contributed by atoms with Gasteiger partial charge in [-0.25, -0.2) is 0 Å². The number of carbonyl (C=O) groups excluding carboxylic acids is 1. The molecular weight excluding hydrogens is 262 g/mol. The number of ether oxygens (including phenoxy) is 1. The van der Waals surface area contributed by atoms with Crippen molar-refractivity contribution in [3.05, 3.63) is 10.6 Å². The monoisotopic (exact) mass is 279 g/mol. The zero-order valence-corrected chi connectivity index (χ0v) is 12.0. The molecule has 6 heteroatoms. The lowest BCUT2D eigenvalue weighted by molar-refractivity contribution is -0.127. The molecule has 0 aromatic rings. The summed E-state index contributed by atoms with van der Waals surface area (Å²) in [5.74, 6) is -0.0120. The molecule has 1 atom stereocenters. The van der Waals surface area contributed by atoms with Crippen molar-refractivity contribution in [1.29, 1.82) is 10.5 Å². The molecule has 5 nitrogen and oxygen atoms in total. The maximum absolute atomic E-state index is 12.2. The highest BCUT2D eigenvalue weighted by Crippen LogP contribution is 2.38. The van der Waals surface area contributed by atoms with E-state index in [2.05, 4.69) is 0 Å². The zero-order valence-electron chi connectivity index (χ0n) is 11.2. The number of hydrogen-bond donors (Lipinski definition) is 0. The van der Waals surface area contributed by atoms with E-state index in [-0.39, 0.29) is 16.7 Å². The number of amides is 1. The lowest BCUT2D eigenvalue weighted by Gasteiger charge is -2.14. The summed E-state index contributed by atoms with van der Waals surface area (Å²) < 4.78 is 5.25. The predicted molar refractivity (Wildman–Crippen MR) is 72.7 cm³/mol. The van der Waals surface area contributed by atoms with E-state index < -0.39 is 0 Å². The Bertz CT molecular complexity index is 432. The van der Waals surface area contributed by atoms with Crippen LogP contribution in [0.15, 0.2) is 10.6 Å². The summed E-state index contributed by atoms with van der Waals surface area (Å²) in [6.45, 7) is 5.56. The summed E-state index contributed by atoms with van der Waals surface area (Å²) in [6.07, 6.45) is 1.50. The van der Waals surface area contributed by atoms with Crippen LogP contribution in [0.4, 0.5) is 0 Å². The normalized spacial score (nSPS) is 18.3. The molecule has 0 aliphatic carbocycles. The average Bonchev–Trinajstić information content (AvgIpc) is 2.73. The summed E-state index contributed by atoms with van der Waals surface area (Å²) >= 11 is 1.32. The van der Waals surface area contributed by atoms with E-state index in [4.69, 9.17) is 15.3 Å². The van der Waals surface area contributed by atoms with Crippen LogP contribution in [0.1, 0.15) is 26.7 Å². The second-order valence-electron chi connectivity index (χ2n) is 3.93. The molecule has 1 amide bonds. The van der Waals surface area contributed by atoms with Crippen LogP contribution in [-0.2, 0) is 9.53 Å². The highest BCUT2D eigenvalue weighted by atomic mass is 32.2. The second-order valence-corrected chi connectivity index (χ2v) is 5.12. The fourth-order valence-corrected chi connectivity index (χ4v) is 3.17. The number of allylic oxidation sites excluding steroid dienone is 1. The lowest BCUT2D eigenvalue weighted by Crippen LogP contribution is -2.29. The van der Waals surface area contributed by atoms with E-state index in [1.54, 1.807) is 0 Å². The van der Waals surface area contributed by atoms with Crippen LogP contribution in [-0.4, -0.2) is 35.8 Å². The van der Waals surface area contributed by atoms with Crippen LogP contribution in [0, 0.1) is 22.7 Å². The highest BCUT2D eigenvalue weighted by molar-refractivity contribution is 8.04. The Kier molecular flexibility index (Phi) is 6.41. The minimum atomic E-state index is -0.202. The van der Waals surface area contributed by atoms with Crippen LogP contribution in [0.3, 0.4) is 0 Å². The maximum Gasteiger partial charge on any atom is 0.240 e. The van der Waals surface area contributed by atoms with Gasteiger partial charge in [0.15, 0.2) is 5.57 Å². The molecule has 1 rings (SSSR count). The number of nitrogens with zero attached hydrogens (tertiary/aromatic N) is 3. The second kappa shape index (κ2) is 7.83. The van der Waals surface area contributed by atoms with Crippen molar-refractivity contribution in [2.45, 2.75) is 31.9 Å². The van der Waals surface area contributed by atoms with Crippen LogP contribution in [0.25, 0.3) is 0 Å². The van der Waals surface area contributed by atoms with Crippen LogP contribution in [0.5, 0.6) is 0 Å². The largest absolute Gasteiger partial charge is 0.382 e. The molecule has 102 valence electrons. The van der Waals surface area contributed by atoms with Crippen LogP contribution < -0.4 is 0 Å². The van der Waals surface area contributed by atoms with E-state index in [0.717, 1.165) is 6.42 Å². The van der Waals surface area contributed by atoms with Gasteiger partial charge >= 0.3 is 0 Å². The first-order valence-electron chi connectivity index (χ1n) is 6.29. The third-order valence-electron chi connectivity index (χ3n) is 2.75. The highest BCUT2D eigenvalue weighted by Gasteiger charge is 2.37. The van der Waals surface area contributed by atoms with Gasteiger partial charge in [0.25, 0.3) is 0 Å². The van der Waals surface area contributed by atoms with Gasteiger partial charge in [-0.05, 0) is 26.7 Å². The van der Waals surface area contributed by atoms with Crippen molar-refractivity contribution in [2.24, 2.45) is 0 Å². The first-order valence-corrected chi connectivity index (χ1v) is 7.17. The van der Waals surface area contributed by atoms with Gasteiger partial charge in [-0.15, -0.1) is 0 Å². The van der Waals surface area contributed by atoms with Crippen molar-refractivity contribution in [3.8, 4) is 12.1 Å². The molecule has 1 heterocycles. The Morgan fingerprint density at radius 2 is 2.11 bits per heavy atom. The van der Waals surface area contributed by atoms with Gasteiger partial charge in [0.05, 0.1) is 5.25 Å². The number of thioether (sulfide) groups is 1. The van der Waals surface area contributed by atoms with E-state index in [1.165, 1.54) is 16.7 Å². The van der Waals surface area contributed by atoms with Crippen LogP contribution in [0.2, 0.25) is 0 Å². The molecule has 0 aromatic carbocycles. The summed E-state index contributed by atoms with van der Waals surface area (Å²) in [4.78, 5) is 13.7. The summed E-state index contributed by atoms with van der Waals surface area (Å²) in [6, 6.07) is 3.71. The SMILES string of the molecule is CCOCCCC1SC(=C(C#N)C#N)N(CC)C1=O. The van der Waals surface area contributed by atoms with E-state index in [9.17, 15) is 4.79 Å². The molecule has 0 aromatic heterocycles. The molecule has 1 aliphatic rings. The van der Waals surface area contributed by atoms with Crippen molar-refractivity contribution >= 4 is 17.7 Å². The summed E-state index contributed by atoms with van der Waals surface area (Å²) in [7, 11) is 0. The zero-order chi connectivity index (χ0) is 14.3.